The van der Waals surface area contributed by atoms with Crippen molar-refractivity contribution >= 4 is 0 Å². The van der Waals surface area contributed by atoms with E-state index < -0.39 is 5.67 Å². The second kappa shape index (κ2) is 3.16. The van der Waals surface area contributed by atoms with Crippen LogP contribution in [0.5, 0.6) is 0 Å². The van der Waals surface area contributed by atoms with E-state index in [1.807, 2.05) is 6.92 Å². The molecule has 0 saturated carbocycles. The Balaban J connectivity index is 3.47. The van der Waals surface area contributed by atoms with Crippen LogP contribution >= 0.6 is 0 Å². The molecule has 0 amide bonds. The van der Waals surface area contributed by atoms with E-state index in [4.69, 9.17) is 5.73 Å². The molecule has 0 aliphatic heterocycles. The first-order valence-corrected chi connectivity index (χ1v) is 3.34. The van der Waals surface area contributed by atoms with Crippen LogP contribution in [0.3, 0.4) is 0 Å². The van der Waals surface area contributed by atoms with E-state index in [-0.39, 0.29) is 0 Å². The number of hydrogen-bond donors (Lipinski definition) is 1. The topological polar surface area (TPSA) is 26.0 Å². The van der Waals surface area contributed by atoms with Crippen LogP contribution in [0.25, 0.3) is 0 Å². The Labute approximate surface area is 56.4 Å². The molecule has 0 bridgehead atoms. The summed E-state index contributed by atoms with van der Waals surface area (Å²) in [6.45, 7) is 5.70. The maximum absolute atomic E-state index is 12.8. The van der Waals surface area contributed by atoms with Crippen molar-refractivity contribution in [1.29, 1.82) is 0 Å². The molecular formula is C7H16FN. The lowest BCUT2D eigenvalue weighted by Gasteiger charge is -2.17. The van der Waals surface area contributed by atoms with E-state index in [0.717, 1.165) is 0 Å². The average molecular weight is 133 g/mol. The summed E-state index contributed by atoms with van der Waals surface area (Å²) < 4.78 is 12.8. The summed E-state index contributed by atoms with van der Waals surface area (Å²) in [5.74, 6) is 0.296. The van der Waals surface area contributed by atoms with Gasteiger partial charge in [-0.1, -0.05) is 6.92 Å². The third kappa shape index (κ3) is 5.77. The largest absolute Gasteiger partial charge is 0.330 e. The number of halogens is 1. The number of nitrogens with two attached hydrogens (primary N) is 1. The average Bonchev–Trinajstić information content (AvgIpc) is 1.62. The molecule has 0 aromatic rings. The molecule has 56 valence electrons. The molecule has 2 heteroatoms. The molecule has 0 aliphatic carbocycles. The predicted molar refractivity (Wildman–Crippen MR) is 38.0 cm³/mol. The van der Waals surface area contributed by atoms with Gasteiger partial charge in [0, 0.05) is 0 Å². The highest BCUT2D eigenvalue weighted by atomic mass is 19.1. The molecule has 1 nitrogen and oxygen atoms in total. The first-order valence-electron chi connectivity index (χ1n) is 3.34. The summed E-state index contributed by atoms with van der Waals surface area (Å²) in [5.41, 5.74) is 4.26. The van der Waals surface area contributed by atoms with Crippen molar-refractivity contribution in [2.24, 2.45) is 11.7 Å². The van der Waals surface area contributed by atoms with Crippen molar-refractivity contribution in [1.82, 2.24) is 0 Å². The fourth-order valence-electron chi connectivity index (χ4n) is 0.912. The van der Waals surface area contributed by atoms with E-state index in [2.05, 4.69) is 0 Å². The SMILES string of the molecule is CC(CN)CC(C)(C)F. The smallest absolute Gasteiger partial charge is 0.105 e. The molecule has 0 aliphatic rings. The Kier molecular flexibility index (Phi) is 3.12. The van der Waals surface area contributed by atoms with E-state index in [9.17, 15) is 4.39 Å². The fraction of sp³-hybridized carbons (Fsp3) is 1.00. The molecule has 0 fully saturated rings. The van der Waals surface area contributed by atoms with Crippen LogP contribution in [0, 0.1) is 5.92 Å². The predicted octanol–water partition coefficient (Wildman–Crippen LogP) is 1.72. The zero-order valence-corrected chi connectivity index (χ0v) is 6.45. The molecule has 0 heterocycles. The quantitative estimate of drug-likeness (QED) is 0.623. The lowest BCUT2D eigenvalue weighted by molar-refractivity contribution is 0.175. The normalized spacial score (nSPS) is 15.7. The van der Waals surface area contributed by atoms with Crippen molar-refractivity contribution in [3.8, 4) is 0 Å². The minimum absolute atomic E-state index is 0.296. The molecule has 0 saturated heterocycles. The van der Waals surface area contributed by atoms with Crippen LogP contribution in [0.4, 0.5) is 4.39 Å². The van der Waals surface area contributed by atoms with Gasteiger partial charge in [0.2, 0.25) is 0 Å². The Morgan fingerprint density at radius 2 is 2.00 bits per heavy atom. The van der Waals surface area contributed by atoms with E-state index in [0.29, 0.717) is 18.9 Å². The zero-order valence-electron chi connectivity index (χ0n) is 6.45. The van der Waals surface area contributed by atoms with Gasteiger partial charge in [-0.2, -0.15) is 0 Å². The van der Waals surface area contributed by atoms with Crippen molar-refractivity contribution < 1.29 is 4.39 Å². The highest BCUT2D eigenvalue weighted by Crippen LogP contribution is 2.18. The standard InChI is InChI=1S/C7H16FN/c1-6(5-9)4-7(2,3)8/h6H,4-5,9H2,1-3H3. The minimum Gasteiger partial charge on any atom is -0.330 e. The maximum atomic E-state index is 12.8. The summed E-state index contributed by atoms with van der Waals surface area (Å²) in [6.07, 6.45) is 0.559. The Bertz CT molecular complexity index is 75.5. The Morgan fingerprint density at radius 3 is 2.11 bits per heavy atom. The van der Waals surface area contributed by atoms with Crippen molar-refractivity contribution in [2.45, 2.75) is 32.9 Å². The van der Waals surface area contributed by atoms with Gasteiger partial charge in [-0.25, -0.2) is 4.39 Å². The van der Waals surface area contributed by atoms with Crippen LogP contribution in [-0.2, 0) is 0 Å². The molecule has 9 heavy (non-hydrogen) atoms. The molecule has 0 aromatic carbocycles. The lowest BCUT2D eigenvalue weighted by Crippen LogP contribution is -2.21. The van der Waals surface area contributed by atoms with Gasteiger partial charge in [-0.05, 0) is 32.7 Å². The number of alkyl halides is 1. The summed E-state index contributed by atoms with van der Waals surface area (Å²) in [4.78, 5) is 0. The molecule has 0 rings (SSSR count). The van der Waals surface area contributed by atoms with Crippen LogP contribution < -0.4 is 5.73 Å². The summed E-state index contributed by atoms with van der Waals surface area (Å²) in [7, 11) is 0. The Hall–Kier alpha value is -0.110. The maximum Gasteiger partial charge on any atom is 0.105 e. The van der Waals surface area contributed by atoms with Gasteiger partial charge >= 0.3 is 0 Å². The monoisotopic (exact) mass is 133 g/mol. The van der Waals surface area contributed by atoms with Crippen LogP contribution in [0.1, 0.15) is 27.2 Å². The molecule has 0 spiro atoms. The van der Waals surface area contributed by atoms with Crippen LogP contribution in [0.2, 0.25) is 0 Å². The molecule has 2 N–H and O–H groups in total. The van der Waals surface area contributed by atoms with Gasteiger partial charge in [0.15, 0.2) is 0 Å². The summed E-state index contributed by atoms with van der Waals surface area (Å²) in [6, 6.07) is 0. The van der Waals surface area contributed by atoms with Crippen molar-refractivity contribution in [2.75, 3.05) is 6.54 Å². The van der Waals surface area contributed by atoms with Gasteiger partial charge in [-0.15, -0.1) is 0 Å². The summed E-state index contributed by atoms with van der Waals surface area (Å²) in [5, 5.41) is 0. The number of rotatable bonds is 3. The van der Waals surface area contributed by atoms with E-state index in [1.54, 1.807) is 13.8 Å². The first kappa shape index (κ1) is 8.89. The third-order valence-electron chi connectivity index (χ3n) is 1.24. The second-order valence-corrected chi connectivity index (χ2v) is 3.26. The molecule has 1 atom stereocenters. The van der Waals surface area contributed by atoms with E-state index in [1.165, 1.54) is 0 Å². The number of hydrogen-bond acceptors (Lipinski definition) is 1. The second-order valence-electron chi connectivity index (χ2n) is 3.26. The highest BCUT2D eigenvalue weighted by molar-refractivity contribution is 4.69. The van der Waals surface area contributed by atoms with Gasteiger partial charge in [0.1, 0.15) is 5.67 Å². The van der Waals surface area contributed by atoms with Gasteiger partial charge < -0.3 is 5.73 Å². The molecular weight excluding hydrogens is 117 g/mol. The van der Waals surface area contributed by atoms with E-state index >= 15 is 0 Å². The minimum atomic E-state index is -1.06. The highest BCUT2D eigenvalue weighted by Gasteiger charge is 2.18. The fourth-order valence-corrected chi connectivity index (χ4v) is 0.912. The van der Waals surface area contributed by atoms with Crippen molar-refractivity contribution in [3.63, 3.8) is 0 Å². The van der Waals surface area contributed by atoms with Crippen molar-refractivity contribution in [3.05, 3.63) is 0 Å². The molecule has 1 unspecified atom stereocenters. The molecule has 0 aromatic heterocycles. The van der Waals surface area contributed by atoms with Crippen LogP contribution in [0.15, 0.2) is 0 Å². The Morgan fingerprint density at radius 1 is 1.56 bits per heavy atom. The summed E-state index contributed by atoms with van der Waals surface area (Å²) >= 11 is 0. The van der Waals surface area contributed by atoms with Gasteiger partial charge in [0.05, 0.1) is 0 Å². The third-order valence-corrected chi connectivity index (χ3v) is 1.24. The van der Waals surface area contributed by atoms with Crippen LogP contribution in [-0.4, -0.2) is 12.2 Å². The zero-order chi connectivity index (χ0) is 7.49. The first-order chi connectivity index (χ1) is 3.95. The van der Waals surface area contributed by atoms with Gasteiger partial charge in [0.25, 0.3) is 0 Å². The van der Waals surface area contributed by atoms with Gasteiger partial charge in [-0.3, -0.25) is 0 Å². The molecule has 0 radical (unpaired) electrons. The lowest BCUT2D eigenvalue weighted by atomic mass is 9.97.